The van der Waals surface area contributed by atoms with Crippen molar-refractivity contribution in [1.82, 2.24) is 0 Å². The van der Waals surface area contributed by atoms with Crippen LogP contribution in [0, 0.1) is 5.92 Å². The van der Waals surface area contributed by atoms with Gasteiger partial charge in [-0.15, -0.1) is 0 Å². The first-order valence-electron chi connectivity index (χ1n) is 4.55. The maximum atomic E-state index is 11.7. The smallest absolute Gasteiger partial charge is 0.166 e. The Morgan fingerprint density at radius 2 is 2.31 bits per heavy atom. The van der Waals surface area contributed by atoms with Crippen LogP contribution in [0.4, 0.5) is 0 Å². The number of ketones is 1. The monoisotopic (exact) mass is 194 g/mol. The van der Waals surface area contributed by atoms with Gasteiger partial charge in [0.1, 0.15) is 0 Å². The molecule has 1 aromatic rings. The van der Waals surface area contributed by atoms with Gasteiger partial charge in [-0.3, -0.25) is 4.79 Å². The molecular weight excluding hydrogens is 184 g/mol. The number of benzene rings is 1. The lowest BCUT2D eigenvalue weighted by Gasteiger charge is -2.00. The molecule has 0 amide bonds. The number of hydrogen-bond acceptors (Lipinski definition) is 1. The van der Waals surface area contributed by atoms with Crippen molar-refractivity contribution in [2.45, 2.75) is 19.8 Å². The van der Waals surface area contributed by atoms with Gasteiger partial charge in [0, 0.05) is 16.5 Å². The highest BCUT2D eigenvalue weighted by molar-refractivity contribution is 6.32. The van der Waals surface area contributed by atoms with Crippen molar-refractivity contribution < 1.29 is 4.79 Å². The fraction of sp³-hybridized carbons (Fsp3) is 0.364. The van der Waals surface area contributed by atoms with Gasteiger partial charge in [-0.2, -0.15) is 0 Å². The third-order valence-electron chi connectivity index (χ3n) is 2.70. The first kappa shape index (κ1) is 8.76. The number of rotatable bonds is 1. The van der Waals surface area contributed by atoms with Crippen LogP contribution in [0.25, 0.3) is 0 Å². The first-order valence-corrected chi connectivity index (χ1v) is 4.93. The molecule has 0 saturated heterocycles. The molecule has 0 N–H and O–H groups in total. The molecule has 2 rings (SSSR count). The van der Waals surface area contributed by atoms with Gasteiger partial charge in [0.05, 0.1) is 0 Å². The Labute approximate surface area is 82.7 Å². The first-order chi connectivity index (χ1) is 6.24. The van der Waals surface area contributed by atoms with Gasteiger partial charge < -0.3 is 0 Å². The molecule has 0 radical (unpaired) electrons. The van der Waals surface area contributed by atoms with Crippen molar-refractivity contribution in [2.24, 2.45) is 5.92 Å². The van der Waals surface area contributed by atoms with Crippen molar-refractivity contribution >= 4 is 17.4 Å². The van der Waals surface area contributed by atoms with Crippen molar-refractivity contribution in [2.75, 3.05) is 0 Å². The molecule has 0 fully saturated rings. The summed E-state index contributed by atoms with van der Waals surface area (Å²) in [5.41, 5.74) is 1.88. The maximum absolute atomic E-state index is 11.7. The molecule has 1 aromatic carbocycles. The summed E-state index contributed by atoms with van der Waals surface area (Å²) in [4.78, 5) is 11.7. The minimum Gasteiger partial charge on any atom is -0.294 e. The van der Waals surface area contributed by atoms with Gasteiger partial charge in [0.15, 0.2) is 5.78 Å². The number of fused-ring (bicyclic) bond motifs is 1. The quantitative estimate of drug-likeness (QED) is 0.672. The molecular formula is C11H11ClO. The minimum absolute atomic E-state index is 0.162. The van der Waals surface area contributed by atoms with Crippen LogP contribution in [-0.4, -0.2) is 5.78 Å². The van der Waals surface area contributed by atoms with E-state index in [1.165, 1.54) is 0 Å². The molecule has 2 heteroatoms. The van der Waals surface area contributed by atoms with E-state index in [1.54, 1.807) is 0 Å². The molecule has 68 valence electrons. The van der Waals surface area contributed by atoms with Crippen LogP contribution in [0.3, 0.4) is 0 Å². The van der Waals surface area contributed by atoms with Gasteiger partial charge in [-0.05, 0) is 24.5 Å². The fourth-order valence-electron chi connectivity index (χ4n) is 1.89. The Hall–Kier alpha value is -0.820. The fourth-order valence-corrected chi connectivity index (χ4v) is 2.14. The lowest BCUT2D eigenvalue weighted by Crippen LogP contribution is -2.06. The third kappa shape index (κ3) is 1.28. The van der Waals surface area contributed by atoms with E-state index in [0.717, 1.165) is 29.0 Å². The second kappa shape index (κ2) is 3.15. The number of carbonyl (C=O) groups is 1. The molecule has 1 nitrogen and oxygen atoms in total. The van der Waals surface area contributed by atoms with E-state index in [1.807, 2.05) is 25.1 Å². The van der Waals surface area contributed by atoms with Crippen LogP contribution in [0.2, 0.25) is 5.02 Å². The molecule has 0 aromatic heterocycles. The van der Waals surface area contributed by atoms with Crippen LogP contribution in [0.1, 0.15) is 29.3 Å². The molecule has 1 atom stereocenters. The molecule has 0 saturated carbocycles. The second-order valence-electron chi connectivity index (χ2n) is 3.44. The van der Waals surface area contributed by atoms with Crippen LogP contribution in [0.5, 0.6) is 0 Å². The summed E-state index contributed by atoms with van der Waals surface area (Å²) in [6.45, 7) is 2.04. The summed E-state index contributed by atoms with van der Waals surface area (Å²) in [6.07, 6.45) is 1.73. The average molecular weight is 195 g/mol. The number of hydrogen-bond donors (Lipinski definition) is 0. The van der Waals surface area contributed by atoms with Crippen molar-refractivity contribution in [3.05, 3.63) is 34.3 Å². The number of halogens is 1. The van der Waals surface area contributed by atoms with Crippen LogP contribution in [0.15, 0.2) is 18.2 Å². The van der Waals surface area contributed by atoms with E-state index in [4.69, 9.17) is 11.6 Å². The lowest BCUT2D eigenvalue weighted by molar-refractivity contribution is 0.0934. The molecule has 0 heterocycles. The lowest BCUT2D eigenvalue weighted by atomic mass is 10.0. The zero-order chi connectivity index (χ0) is 9.42. The zero-order valence-corrected chi connectivity index (χ0v) is 8.27. The number of carbonyl (C=O) groups excluding carboxylic acids is 1. The highest BCUT2D eigenvalue weighted by Gasteiger charge is 2.29. The average Bonchev–Trinajstić information content (AvgIpc) is 2.45. The van der Waals surface area contributed by atoms with E-state index >= 15 is 0 Å². The van der Waals surface area contributed by atoms with E-state index in [9.17, 15) is 4.79 Å². The topological polar surface area (TPSA) is 17.1 Å². The second-order valence-corrected chi connectivity index (χ2v) is 3.85. The van der Waals surface area contributed by atoms with Crippen LogP contribution >= 0.6 is 11.6 Å². The summed E-state index contributed by atoms with van der Waals surface area (Å²) in [5, 5.41) is 0.738. The normalized spacial score (nSPS) is 20.5. The molecule has 1 aliphatic rings. The van der Waals surface area contributed by atoms with Crippen molar-refractivity contribution in [3.63, 3.8) is 0 Å². The Balaban J connectivity index is 2.49. The van der Waals surface area contributed by atoms with Crippen molar-refractivity contribution in [3.8, 4) is 0 Å². The summed E-state index contributed by atoms with van der Waals surface area (Å²) in [6, 6.07) is 5.57. The standard InChI is InChI=1S/C11H11ClO/c1-2-7-6-9-8(11(7)13)4-3-5-10(9)12/h3-5,7H,2,6H2,1H3. The molecule has 0 spiro atoms. The van der Waals surface area contributed by atoms with Gasteiger partial charge >= 0.3 is 0 Å². The Morgan fingerprint density at radius 1 is 1.54 bits per heavy atom. The van der Waals surface area contributed by atoms with Gasteiger partial charge in [-0.25, -0.2) is 0 Å². The summed E-state index contributed by atoms with van der Waals surface area (Å²) in [7, 11) is 0. The number of Topliss-reactive ketones (excluding diaryl/α,β-unsaturated/α-hetero) is 1. The highest BCUT2D eigenvalue weighted by Crippen LogP contribution is 2.33. The maximum Gasteiger partial charge on any atom is 0.166 e. The summed E-state index contributed by atoms with van der Waals surface area (Å²) in [5.74, 6) is 0.426. The highest BCUT2D eigenvalue weighted by atomic mass is 35.5. The molecule has 1 aliphatic carbocycles. The van der Waals surface area contributed by atoms with Crippen LogP contribution in [-0.2, 0) is 6.42 Å². The zero-order valence-electron chi connectivity index (χ0n) is 7.51. The third-order valence-corrected chi connectivity index (χ3v) is 3.05. The van der Waals surface area contributed by atoms with Crippen molar-refractivity contribution in [1.29, 1.82) is 0 Å². The largest absolute Gasteiger partial charge is 0.294 e. The van der Waals surface area contributed by atoms with Gasteiger partial charge in [0.2, 0.25) is 0 Å². The molecule has 0 aliphatic heterocycles. The Morgan fingerprint density at radius 3 is 2.92 bits per heavy atom. The molecule has 13 heavy (non-hydrogen) atoms. The van der Waals surface area contributed by atoms with Crippen LogP contribution < -0.4 is 0 Å². The van der Waals surface area contributed by atoms with E-state index < -0.39 is 0 Å². The summed E-state index contributed by atoms with van der Waals surface area (Å²) < 4.78 is 0. The van der Waals surface area contributed by atoms with Gasteiger partial charge in [-0.1, -0.05) is 30.7 Å². The predicted octanol–water partition coefficient (Wildman–Crippen LogP) is 3.11. The van der Waals surface area contributed by atoms with E-state index in [-0.39, 0.29) is 11.7 Å². The molecule has 1 unspecified atom stereocenters. The SMILES string of the molecule is CCC1Cc2c(Cl)cccc2C1=O. The van der Waals surface area contributed by atoms with E-state index in [2.05, 4.69) is 0 Å². The minimum atomic E-state index is 0.162. The summed E-state index contributed by atoms with van der Waals surface area (Å²) >= 11 is 6.01. The predicted molar refractivity (Wildman–Crippen MR) is 53.3 cm³/mol. The van der Waals surface area contributed by atoms with Gasteiger partial charge in [0.25, 0.3) is 0 Å². The molecule has 0 bridgehead atoms. The van der Waals surface area contributed by atoms with E-state index in [0.29, 0.717) is 0 Å². The Kier molecular flexibility index (Phi) is 2.12. The Bertz CT molecular complexity index is 357.